The van der Waals surface area contributed by atoms with Gasteiger partial charge in [-0.05, 0) is 40.2 Å². The van der Waals surface area contributed by atoms with E-state index >= 15 is 0 Å². The second kappa shape index (κ2) is 6.84. The summed E-state index contributed by atoms with van der Waals surface area (Å²) in [4.78, 5) is 38.5. The van der Waals surface area contributed by atoms with Gasteiger partial charge >= 0.3 is 11.1 Å². The number of nitrogens with zero attached hydrogens (tertiary/aromatic N) is 1. The summed E-state index contributed by atoms with van der Waals surface area (Å²) in [5.41, 5.74) is 0.409. The number of rotatable bonds is 4. The molecule has 2 N–H and O–H groups in total. The van der Waals surface area contributed by atoms with Gasteiger partial charge in [0.15, 0.2) is 0 Å². The number of nitrogens with one attached hydrogen (secondary N) is 2. The summed E-state index contributed by atoms with van der Waals surface area (Å²) in [6.45, 7) is 0.437. The Hall–Kier alpha value is -2.67. The number of halogens is 1. The summed E-state index contributed by atoms with van der Waals surface area (Å²) in [7, 11) is 0. The maximum absolute atomic E-state index is 12.2. The van der Waals surface area contributed by atoms with Crippen LogP contribution in [0.2, 0.25) is 0 Å². The topological polar surface area (TPSA) is 84.0 Å². The van der Waals surface area contributed by atoms with Crippen LogP contribution in [-0.4, -0.2) is 22.0 Å². The third-order valence-electron chi connectivity index (χ3n) is 3.62. The Morgan fingerprint density at radius 1 is 1.08 bits per heavy atom. The predicted molar refractivity (Wildman–Crippen MR) is 95.3 cm³/mol. The Morgan fingerprint density at radius 2 is 1.79 bits per heavy atom. The maximum Gasteiger partial charge on any atom is 0.316 e. The monoisotopic (exact) mass is 387 g/mol. The fourth-order valence-corrected chi connectivity index (χ4v) is 2.93. The molecular weight excluding hydrogens is 374 g/mol. The molecule has 24 heavy (non-hydrogen) atoms. The van der Waals surface area contributed by atoms with Crippen molar-refractivity contribution >= 4 is 32.9 Å². The van der Waals surface area contributed by atoms with Crippen molar-refractivity contribution in [1.82, 2.24) is 14.9 Å². The van der Waals surface area contributed by atoms with Crippen molar-refractivity contribution in [1.29, 1.82) is 0 Å². The Bertz CT molecular complexity index is 1020. The number of hydrogen-bond acceptors (Lipinski definition) is 3. The molecule has 122 valence electrons. The second-order valence-electron chi connectivity index (χ2n) is 5.16. The molecule has 0 aliphatic carbocycles. The number of benzene rings is 2. The average Bonchev–Trinajstić information content (AvgIpc) is 2.58. The van der Waals surface area contributed by atoms with Gasteiger partial charge in [-0.3, -0.25) is 14.4 Å². The minimum absolute atomic E-state index is 0.208. The van der Waals surface area contributed by atoms with Crippen LogP contribution in [0.3, 0.4) is 0 Å². The summed E-state index contributed by atoms with van der Waals surface area (Å²) >= 11 is 3.33. The summed E-state index contributed by atoms with van der Waals surface area (Å²) in [5.74, 6) is -0.246. The van der Waals surface area contributed by atoms with Crippen molar-refractivity contribution in [2.24, 2.45) is 0 Å². The molecule has 0 bridgehead atoms. The molecule has 3 rings (SSSR count). The van der Waals surface area contributed by atoms with E-state index in [1.807, 2.05) is 6.07 Å². The van der Waals surface area contributed by atoms with Crippen molar-refractivity contribution in [3.63, 3.8) is 0 Å². The van der Waals surface area contributed by atoms with Gasteiger partial charge in [-0.1, -0.05) is 24.3 Å². The highest BCUT2D eigenvalue weighted by atomic mass is 79.9. The van der Waals surface area contributed by atoms with E-state index in [2.05, 4.69) is 26.2 Å². The van der Waals surface area contributed by atoms with E-state index in [9.17, 15) is 14.4 Å². The van der Waals surface area contributed by atoms with E-state index in [1.54, 1.807) is 42.5 Å². The predicted octanol–water partition coefficient (Wildman–Crippen LogP) is 1.88. The van der Waals surface area contributed by atoms with Crippen molar-refractivity contribution < 1.29 is 4.79 Å². The van der Waals surface area contributed by atoms with Crippen LogP contribution in [0.25, 0.3) is 11.0 Å². The zero-order chi connectivity index (χ0) is 17.1. The molecule has 0 radical (unpaired) electrons. The lowest BCUT2D eigenvalue weighted by atomic mass is 10.2. The first kappa shape index (κ1) is 16.2. The van der Waals surface area contributed by atoms with Gasteiger partial charge in [0.05, 0.1) is 16.6 Å². The standard InChI is InChI=1S/C17H14BrN3O3/c18-12-6-2-1-5-11(12)15(22)19-9-10-21-14-8-4-3-7-13(14)20-16(23)17(21)24/h1-8H,9-10H2,(H,19,22)(H,20,23). The Morgan fingerprint density at radius 3 is 2.58 bits per heavy atom. The van der Waals surface area contributed by atoms with E-state index in [1.165, 1.54) is 4.57 Å². The minimum Gasteiger partial charge on any atom is -0.350 e. The summed E-state index contributed by atoms with van der Waals surface area (Å²) in [6.07, 6.45) is 0. The first-order valence-electron chi connectivity index (χ1n) is 7.32. The average molecular weight is 388 g/mol. The van der Waals surface area contributed by atoms with Crippen LogP contribution in [0.15, 0.2) is 62.6 Å². The van der Waals surface area contributed by atoms with Gasteiger partial charge in [-0.25, -0.2) is 0 Å². The zero-order valence-corrected chi connectivity index (χ0v) is 14.2. The molecule has 0 atom stereocenters. The molecule has 1 aromatic heterocycles. The number of aromatic amines is 1. The minimum atomic E-state index is -0.675. The van der Waals surface area contributed by atoms with Crippen LogP contribution in [0.1, 0.15) is 10.4 Å². The molecule has 0 aliphatic heterocycles. The first-order chi connectivity index (χ1) is 11.6. The van der Waals surface area contributed by atoms with Gasteiger partial charge in [0, 0.05) is 17.6 Å². The Kier molecular flexibility index (Phi) is 4.61. The fraction of sp³-hybridized carbons (Fsp3) is 0.118. The normalized spacial score (nSPS) is 10.7. The Balaban J connectivity index is 1.81. The van der Waals surface area contributed by atoms with Crippen LogP contribution in [0.4, 0.5) is 0 Å². The molecule has 0 aliphatic rings. The summed E-state index contributed by atoms with van der Waals surface area (Å²) in [5, 5.41) is 2.76. The SMILES string of the molecule is O=C(NCCn1c(=O)c(=O)[nH]c2ccccc21)c1ccccc1Br. The molecule has 1 heterocycles. The van der Waals surface area contributed by atoms with E-state index in [0.717, 1.165) is 0 Å². The molecular formula is C17H14BrN3O3. The summed E-state index contributed by atoms with van der Waals surface area (Å²) < 4.78 is 2.07. The molecule has 6 nitrogen and oxygen atoms in total. The number of fused-ring (bicyclic) bond motifs is 1. The highest BCUT2D eigenvalue weighted by molar-refractivity contribution is 9.10. The smallest absolute Gasteiger partial charge is 0.316 e. The largest absolute Gasteiger partial charge is 0.350 e. The number of carbonyl (C=O) groups excluding carboxylic acids is 1. The number of hydrogen-bond donors (Lipinski definition) is 2. The molecule has 0 fully saturated rings. The zero-order valence-electron chi connectivity index (χ0n) is 12.6. The van der Waals surface area contributed by atoms with Gasteiger partial charge in [0.2, 0.25) is 0 Å². The van der Waals surface area contributed by atoms with Crippen LogP contribution in [0.5, 0.6) is 0 Å². The quantitative estimate of drug-likeness (QED) is 0.670. The number of H-pyrrole nitrogens is 1. The molecule has 1 amide bonds. The summed E-state index contributed by atoms with van der Waals surface area (Å²) in [6, 6.07) is 14.1. The molecule has 7 heteroatoms. The van der Waals surface area contributed by atoms with E-state index in [0.29, 0.717) is 21.1 Å². The van der Waals surface area contributed by atoms with Gasteiger partial charge in [0.25, 0.3) is 5.91 Å². The van der Waals surface area contributed by atoms with Crippen molar-refractivity contribution in [2.45, 2.75) is 6.54 Å². The van der Waals surface area contributed by atoms with Crippen LogP contribution < -0.4 is 16.4 Å². The van der Waals surface area contributed by atoms with Gasteiger partial charge < -0.3 is 14.9 Å². The molecule has 2 aromatic carbocycles. The highest BCUT2D eigenvalue weighted by Gasteiger charge is 2.10. The van der Waals surface area contributed by atoms with Crippen molar-refractivity contribution in [3.8, 4) is 0 Å². The maximum atomic E-state index is 12.2. The van der Waals surface area contributed by atoms with Gasteiger partial charge in [-0.15, -0.1) is 0 Å². The number of carbonyl (C=O) groups is 1. The third-order valence-corrected chi connectivity index (χ3v) is 4.31. The number of amides is 1. The van der Waals surface area contributed by atoms with E-state index in [4.69, 9.17) is 0 Å². The lowest BCUT2D eigenvalue weighted by Gasteiger charge is -2.11. The second-order valence-corrected chi connectivity index (χ2v) is 6.02. The van der Waals surface area contributed by atoms with Crippen LogP contribution >= 0.6 is 15.9 Å². The molecule has 0 unspecified atom stereocenters. The van der Waals surface area contributed by atoms with E-state index < -0.39 is 11.1 Å². The molecule has 0 spiro atoms. The fourth-order valence-electron chi connectivity index (χ4n) is 2.47. The highest BCUT2D eigenvalue weighted by Crippen LogP contribution is 2.15. The van der Waals surface area contributed by atoms with Gasteiger partial charge in [0.1, 0.15) is 0 Å². The third kappa shape index (κ3) is 3.16. The molecule has 3 aromatic rings. The lowest BCUT2D eigenvalue weighted by molar-refractivity contribution is 0.0951. The van der Waals surface area contributed by atoms with Gasteiger partial charge in [-0.2, -0.15) is 0 Å². The van der Waals surface area contributed by atoms with Crippen LogP contribution in [-0.2, 0) is 6.54 Å². The lowest BCUT2D eigenvalue weighted by Crippen LogP contribution is -2.39. The number of para-hydroxylation sites is 2. The first-order valence-corrected chi connectivity index (χ1v) is 8.12. The van der Waals surface area contributed by atoms with Crippen molar-refractivity contribution in [3.05, 3.63) is 79.3 Å². The van der Waals surface area contributed by atoms with E-state index in [-0.39, 0.29) is 19.0 Å². The Labute approximate surface area is 145 Å². The number of aromatic nitrogens is 2. The molecule has 0 saturated heterocycles. The van der Waals surface area contributed by atoms with Crippen molar-refractivity contribution in [2.75, 3.05) is 6.54 Å². The van der Waals surface area contributed by atoms with Crippen LogP contribution in [0, 0.1) is 0 Å². The molecule has 0 saturated carbocycles.